The number of carbonyl (C=O) groups excluding carboxylic acids is 2. The Morgan fingerprint density at radius 1 is 0.778 bits per heavy atom. The summed E-state index contributed by atoms with van der Waals surface area (Å²) in [6, 6.07) is 25.7. The molecule has 27 heavy (non-hydrogen) atoms. The minimum atomic E-state index is -0.660. The predicted molar refractivity (Wildman–Crippen MR) is 105 cm³/mol. The van der Waals surface area contributed by atoms with E-state index in [9.17, 15) is 9.59 Å². The van der Waals surface area contributed by atoms with Gasteiger partial charge in [0.05, 0.1) is 17.0 Å². The van der Waals surface area contributed by atoms with E-state index in [1.165, 1.54) is 0 Å². The fourth-order valence-electron chi connectivity index (χ4n) is 3.18. The second-order valence-corrected chi connectivity index (χ2v) is 6.42. The van der Waals surface area contributed by atoms with Crippen LogP contribution in [0.15, 0.2) is 84.9 Å². The summed E-state index contributed by atoms with van der Waals surface area (Å²) < 4.78 is 0. The van der Waals surface area contributed by atoms with Gasteiger partial charge in [-0.15, -0.1) is 0 Å². The van der Waals surface area contributed by atoms with Gasteiger partial charge in [0.15, 0.2) is 11.6 Å². The number of para-hydroxylation sites is 2. The van der Waals surface area contributed by atoms with Crippen molar-refractivity contribution in [3.63, 3.8) is 0 Å². The Morgan fingerprint density at radius 3 is 2.04 bits per heavy atom. The maximum atomic E-state index is 13.2. The van der Waals surface area contributed by atoms with Crippen LogP contribution in [-0.4, -0.2) is 21.5 Å². The molecule has 0 radical (unpaired) electrons. The van der Waals surface area contributed by atoms with Crippen LogP contribution in [0.3, 0.4) is 0 Å². The van der Waals surface area contributed by atoms with Crippen LogP contribution in [0.5, 0.6) is 0 Å². The number of aromatic amines is 1. The number of imidazole rings is 1. The lowest BCUT2D eigenvalue weighted by molar-refractivity contribution is 0.0890. The van der Waals surface area contributed by atoms with Crippen LogP contribution in [0.4, 0.5) is 0 Å². The average Bonchev–Trinajstić information content (AvgIpc) is 3.16. The number of ketones is 2. The standard InChI is InChI=1S/C23H18N2O2/c26-21(16-9-3-1-4-10-16)15-18(22(27)17-11-5-2-6-12-17)23-24-19-13-7-8-14-20(19)25-23/h1-14,18H,15H2,(H,24,25)/t18-/m1/s1. The summed E-state index contributed by atoms with van der Waals surface area (Å²) in [5.41, 5.74) is 2.80. The molecule has 1 atom stereocenters. The molecule has 4 aromatic rings. The van der Waals surface area contributed by atoms with Crippen LogP contribution >= 0.6 is 0 Å². The number of hydrogen-bond acceptors (Lipinski definition) is 3. The van der Waals surface area contributed by atoms with Gasteiger partial charge in [0.25, 0.3) is 0 Å². The topological polar surface area (TPSA) is 62.8 Å². The van der Waals surface area contributed by atoms with Crippen LogP contribution in [0.25, 0.3) is 11.0 Å². The SMILES string of the molecule is O=C(C[C@H](C(=O)c1ccccc1)c1nc2ccccc2[nH]1)c1ccccc1. The Hall–Kier alpha value is -3.53. The van der Waals surface area contributed by atoms with Crippen molar-refractivity contribution in [3.8, 4) is 0 Å². The highest BCUT2D eigenvalue weighted by Gasteiger charge is 2.28. The van der Waals surface area contributed by atoms with E-state index in [4.69, 9.17) is 0 Å². The van der Waals surface area contributed by atoms with Gasteiger partial charge in [0.2, 0.25) is 0 Å². The number of rotatable bonds is 6. The minimum absolute atomic E-state index is 0.0670. The molecule has 4 rings (SSSR count). The van der Waals surface area contributed by atoms with Gasteiger partial charge in [0.1, 0.15) is 5.82 Å². The summed E-state index contributed by atoms with van der Waals surface area (Å²) in [4.78, 5) is 33.8. The third-order valence-corrected chi connectivity index (χ3v) is 4.60. The van der Waals surface area contributed by atoms with Crippen molar-refractivity contribution in [2.24, 2.45) is 0 Å². The number of benzene rings is 3. The summed E-state index contributed by atoms with van der Waals surface area (Å²) in [5.74, 6) is -0.328. The van der Waals surface area contributed by atoms with E-state index in [1.54, 1.807) is 24.3 Å². The van der Waals surface area contributed by atoms with Crippen molar-refractivity contribution in [2.75, 3.05) is 0 Å². The molecule has 4 nitrogen and oxygen atoms in total. The Kier molecular flexibility index (Phi) is 4.62. The lowest BCUT2D eigenvalue weighted by atomic mass is 9.90. The quantitative estimate of drug-likeness (QED) is 0.506. The molecule has 0 spiro atoms. The predicted octanol–water partition coefficient (Wildman–Crippen LogP) is 4.80. The summed E-state index contributed by atoms with van der Waals surface area (Å²) in [6.45, 7) is 0. The van der Waals surface area contributed by atoms with E-state index in [0.29, 0.717) is 17.0 Å². The first kappa shape index (κ1) is 16.9. The smallest absolute Gasteiger partial charge is 0.173 e. The van der Waals surface area contributed by atoms with Gasteiger partial charge in [-0.1, -0.05) is 72.8 Å². The molecule has 0 aliphatic heterocycles. The fraction of sp³-hybridized carbons (Fsp3) is 0.0870. The highest BCUT2D eigenvalue weighted by Crippen LogP contribution is 2.26. The molecule has 1 N–H and O–H groups in total. The second kappa shape index (κ2) is 7.38. The Labute approximate surface area is 156 Å². The molecule has 4 heteroatoms. The van der Waals surface area contributed by atoms with E-state index in [0.717, 1.165) is 11.0 Å². The van der Waals surface area contributed by atoms with Crippen LogP contribution in [0.2, 0.25) is 0 Å². The number of H-pyrrole nitrogens is 1. The second-order valence-electron chi connectivity index (χ2n) is 6.42. The van der Waals surface area contributed by atoms with Crippen molar-refractivity contribution in [3.05, 3.63) is 102 Å². The molecule has 0 saturated carbocycles. The molecule has 0 fully saturated rings. The Morgan fingerprint density at radius 2 is 1.37 bits per heavy atom. The third-order valence-electron chi connectivity index (χ3n) is 4.60. The largest absolute Gasteiger partial charge is 0.341 e. The summed E-state index contributed by atoms with van der Waals surface area (Å²) >= 11 is 0. The zero-order valence-electron chi connectivity index (χ0n) is 14.6. The number of fused-ring (bicyclic) bond motifs is 1. The van der Waals surface area contributed by atoms with Crippen molar-refractivity contribution in [1.29, 1.82) is 0 Å². The first-order valence-electron chi connectivity index (χ1n) is 8.84. The monoisotopic (exact) mass is 354 g/mol. The van der Waals surface area contributed by atoms with E-state index in [-0.39, 0.29) is 18.0 Å². The lowest BCUT2D eigenvalue weighted by Crippen LogP contribution is -2.18. The van der Waals surface area contributed by atoms with E-state index in [1.807, 2.05) is 60.7 Å². The number of Topliss-reactive ketones (excluding diaryl/α,β-unsaturated/α-hetero) is 2. The molecule has 1 aromatic heterocycles. The van der Waals surface area contributed by atoms with Crippen molar-refractivity contribution < 1.29 is 9.59 Å². The van der Waals surface area contributed by atoms with Crippen molar-refractivity contribution in [2.45, 2.75) is 12.3 Å². The molecule has 0 amide bonds. The first-order chi connectivity index (χ1) is 13.2. The maximum Gasteiger partial charge on any atom is 0.173 e. The van der Waals surface area contributed by atoms with Gasteiger partial charge in [-0.05, 0) is 12.1 Å². The van der Waals surface area contributed by atoms with E-state index in [2.05, 4.69) is 9.97 Å². The molecule has 132 valence electrons. The minimum Gasteiger partial charge on any atom is -0.341 e. The molecule has 0 saturated heterocycles. The van der Waals surface area contributed by atoms with Gasteiger partial charge in [-0.2, -0.15) is 0 Å². The molecule has 1 heterocycles. The number of aromatic nitrogens is 2. The van der Waals surface area contributed by atoms with Gasteiger partial charge < -0.3 is 4.98 Å². The van der Waals surface area contributed by atoms with Gasteiger partial charge in [0, 0.05) is 17.5 Å². The molecule has 0 aliphatic rings. The van der Waals surface area contributed by atoms with E-state index >= 15 is 0 Å². The summed E-state index contributed by atoms with van der Waals surface area (Å²) in [7, 11) is 0. The molecule has 0 bridgehead atoms. The fourth-order valence-corrected chi connectivity index (χ4v) is 3.18. The molecule has 0 aliphatic carbocycles. The van der Waals surface area contributed by atoms with Gasteiger partial charge in [-0.25, -0.2) is 4.98 Å². The lowest BCUT2D eigenvalue weighted by Gasteiger charge is -2.13. The first-order valence-corrected chi connectivity index (χ1v) is 8.84. The zero-order chi connectivity index (χ0) is 18.6. The van der Waals surface area contributed by atoms with Crippen molar-refractivity contribution in [1.82, 2.24) is 9.97 Å². The Bertz CT molecular complexity index is 1050. The van der Waals surface area contributed by atoms with Crippen LogP contribution in [0.1, 0.15) is 38.9 Å². The molecular formula is C23H18N2O2. The molecule has 0 unspecified atom stereocenters. The maximum absolute atomic E-state index is 13.2. The normalized spacial score (nSPS) is 12.0. The van der Waals surface area contributed by atoms with Crippen molar-refractivity contribution >= 4 is 22.6 Å². The molecular weight excluding hydrogens is 336 g/mol. The van der Waals surface area contributed by atoms with Crippen LogP contribution in [0, 0.1) is 0 Å². The van der Waals surface area contributed by atoms with Crippen LogP contribution < -0.4 is 0 Å². The van der Waals surface area contributed by atoms with Gasteiger partial charge in [-0.3, -0.25) is 9.59 Å². The van der Waals surface area contributed by atoms with Crippen LogP contribution in [-0.2, 0) is 0 Å². The highest BCUT2D eigenvalue weighted by molar-refractivity contribution is 6.06. The number of nitrogens with zero attached hydrogens (tertiary/aromatic N) is 1. The van der Waals surface area contributed by atoms with Gasteiger partial charge >= 0.3 is 0 Å². The number of carbonyl (C=O) groups is 2. The summed E-state index contributed by atoms with van der Waals surface area (Å²) in [5, 5.41) is 0. The number of nitrogens with one attached hydrogen (secondary N) is 1. The summed E-state index contributed by atoms with van der Waals surface area (Å²) in [6.07, 6.45) is 0.0670. The highest BCUT2D eigenvalue weighted by atomic mass is 16.1. The molecule has 3 aromatic carbocycles. The third kappa shape index (κ3) is 3.55. The zero-order valence-corrected chi connectivity index (χ0v) is 14.6. The van der Waals surface area contributed by atoms with E-state index < -0.39 is 5.92 Å². The average molecular weight is 354 g/mol. The Balaban J connectivity index is 1.72. The number of hydrogen-bond donors (Lipinski definition) is 1.